The Morgan fingerprint density at radius 2 is 1.83 bits per heavy atom. The van der Waals surface area contributed by atoms with Crippen LogP contribution < -0.4 is 9.62 Å². The first-order chi connectivity index (χ1) is 11.0. The number of para-hydroxylation sites is 1. The second kappa shape index (κ2) is 6.33. The van der Waals surface area contributed by atoms with Gasteiger partial charge in [0, 0.05) is 12.2 Å². The minimum atomic E-state index is -3.59. The molecule has 0 atom stereocenters. The van der Waals surface area contributed by atoms with Crippen LogP contribution in [0, 0.1) is 0 Å². The van der Waals surface area contributed by atoms with Crippen molar-refractivity contribution < 1.29 is 13.2 Å². The first-order valence-electron chi connectivity index (χ1n) is 7.09. The fourth-order valence-electron chi connectivity index (χ4n) is 2.59. The van der Waals surface area contributed by atoms with Crippen LogP contribution in [0.25, 0.3) is 0 Å². The summed E-state index contributed by atoms with van der Waals surface area (Å²) in [4.78, 5) is 11.5. The van der Waals surface area contributed by atoms with Crippen molar-refractivity contribution in [1.82, 2.24) is 0 Å². The van der Waals surface area contributed by atoms with Crippen molar-refractivity contribution in [2.45, 2.75) is 11.3 Å². The van der Waals surface area contributed by atoms with Crippen molar-refractivity contribution in [1.29, 1.82) is 0 Å². The average Bonchev–Trinajstić information content (AvgIpc) is 3.00. The molecule has 1 heterocycles. The van der Waals surface area contributed by atoms with Crippen molar-refractivity contribution in [3.63, 3.8) is 0 Å². The summed E-state index contributed by atoms with van der Waals surface area (Å²) in [5.74, 6) is -0.186. The quantitative estimate of drug-likeness (QED) is 0.810. The van der Waals surface area contributed by atoms with E-state index >= 15 is 0 Å². The molecule has 120 valence electrons. The number of benzene rings is 2. The van der Waals surface area contributed by atoms with Crippen LogP contribution in [0.2, 0.25) is 0 Å². The van der Waals surface area contributed by atoms with E-state index in [1.165, 1.54) is 16.4 Å². The summed E-state index contributed by atoms with van der Waals surface area (Å²) >= 11 is 3.06. The second-order valence-corrected chi connectivity index (χ2v) is 7.59. The van der Waals surface area contributed by atoms with Crippen LogP contribution >= 0.6 is 15.9 Å². The zero-order valence-corrected chi connectivity index (χ0v) is 14.6. The number of fused-ring (bicyclic) bond motifs is 1. The number of rotatable bonds is 4. The van der Waals surface area contributed by atoms with Crippen LogP contribution in [0.5, 0.6) is 0 Å². The molecule has 2 aromatic carbocycles. The fraction of sp³-hybridized carbons (Fsp3) is 0.188. The average molecular weight is 395 g/mol. The van der Waals surface area contributed by atoms with E-state index in [2.05, 4.69) is 21.2 Å². The molecule has 0 unspecified atom stereocenters. The van der Waals surface area contributed by atoms with Crippen molar-refractivity contribution in [2.75, 3.05) is 21.5 Å². The van der Waals surface area contributed by atoms with Gasteiger partial charge in [-0.25, -0.2) is 8.42 Å². The van der Waals surface area contributed by atoms with E-state index in [0.29, 0.717) is 12.2 Å². The molecule has 0 fully saturated rings. The predicted molar refractivity (Wildman–Crippen MR) is 93.5 cm³/mol. The summed E-state index contributed by atoms with van der Waals surface area (Å²) in [6.07, 6.45) is 0.717. The van der Waals surface area contributed by atoms with E-state index in [-0.39, 0.29) is 16.1 Å². The number of hydrogen-bond acceptors (Lipinski definition) is 3. The normalized spacial score (nSPS) is 13.7. The topological polar surface area (TPSA) is 66.5 Å². The number of nitrogens with one attached hydrogen (secondary N) is 1. The molecule has 0 saturated carbocycles. The highest BCUT2D eigenvalue weighted by atomic mass is 79.9. The van der Waals surface area contributed by atoms with E-state index in [4.69, 9.17) is 0 Å². The first kappa shape index (κ1) is 16.0. The number of sulfonamides is 1. The van der Waals surface area contributed by atoms with Crippen LogP contribution in [0.3, 0.4) is 0 Å². The third kappa shape index (κ3) is 3.11. The zero-order chi connectivity index (χ0) is 16.4. The van der Waals surface area contributed by atoms with Crippen LogP contribution in [0.4, 0.5) is 11.4 Å². The van der Waals surface area contributed by atoms with Crippen LogP contribution in [0.1, 0.15) is 5.56 Å². The summed E-state index contributed by atoms with van der Waals surface area (Å²) in [6, 6.07) is 13.7. The molecular formula is C16H15BrN2O3S. The number of carbonyl (C=O) groups excluding carboxylic acids is 1. The van der Waals surface area contributed by atoms with E-state index in [1.807, 2.05) is 24.3 Å². The Labute approximate surface area is 143 Å². The highest BCUT2D eigenvalue weighted by Crippen LogP contribution is 2.32. The SMILES string of the molecule is O=C(CBr)Nc1ccc(S(=O)(=O)N2CCc3ccccc32)cc1. The number of amides is 1. The van der Waals surface area contributed by atoms with Crippen LogP contribution in [0.15, 0.2) is 53.4 Å². The van der Waals surface area contributed by atoms with Gasteiger partial charge in [0.1, 0.15) is 0 Å². The Hall–Kier alpha value is -1.86. The van der Waals surface area contributed by atoms with Gasteiger partial charge in [0.15, 0.2) is 0 Å². The van der Waals surface area contributed by atoms with Gasteiger partial charge >= 0.3 is 0 Å². The number of halogens is 1. The molecule has 3 rings (SSSR count). The van der Waals surface area contributed by atoms with Gasteiger partial charge in [0.25, 0.3) is 10.0 Å². The van der Waals surface area contributed by atoms with Gasteiger partial charge in [-0.3, -0.25) is 9.10 Å². The molecule has 0 aliphatic carbocycles. The highest BCUT2D eigenvalue weighted by Gasteiger charge is 2.30. The monoisotopic (exact) mass is 394 g/mol. The first-order valence-corrected chi connectivity index (χ1v) is 9.65. The van der Waals surface area contributed by atoms with Gasteiger partial charge in [-0.15, -0.1) is 0 Å². The standard InChI is InChI=1S/C16H15BrN2O3S/c17-11-16(20)18-13-5-7-14(8-6-13)23(21,22)19-10-9-12-3-1-2-4-15(12)19/h1-8H,9-11H2,(H,18,20). The van der Waals surface area contributed by atoms with Gasteiger partial charge in [-0.1, -0.05) is 34.1 Å². The Balaban J connectivity index is 1.88. The lowest BCUT2D eigenvalue weighted by molar-refractivity contribution is -0.113. The number of hydrogen-bond donors (Lipinski definition) is 1. The summed E-state index contributed by atoms with van der Waals surface area (Å²) in [6.45, 7) is 0.448. The predicted octanol–water partition coefficient (Wildman–Crippen LogP) is 2.77. The molecule has 1 aliphatic rings. The maximum atomic E-state index is 12.8. The lowest BCUT2D eigenvalue weighted by Gasteiger charge is -2.19. The summed E-state index contributed by atoms with van der Waals surface area (Å²) in [5, 5.41) is 2.85. The molecule has 1 N–H and O–H groups in total. The molecule has 23 heavy (non-hydrogen) atoms. The minimum Gasteiger partial charge on any atom is -0.325 e. The third-order valence-corrected chi connectivity index (χ3v) is 6.03. The lowest BCUT2D eigenvalue weighted by Crippen LogP contribution is -2.29. The molecule has 1 aliphatic heterocycles. The Kier molecular flexibility index (Phi) is 4.41. The second-order valence-electron chi connectivity index (χ2n) is 5.16. The van der Waals surface area contributed by atoms with Crippen molar-refractivity contribution >= 4 is 43.2 Å². The maximum Gasteiger partial charge on any atom is 0.264 e. The fourth-order valence-corrected chi connectivity index (χ4v) is 4.23. The lowest BCUT2D eigenvalue weighted by atomic mass is 10.2. The number of alkyl halides is 1. The number of anilines is 2. The molecule has 5 nitrogen and oxygen atoms in total. The highest BCUT2D eigenvalue weighted by molar-refractivity contribution is 9.09. The molecule has 2 aromatic rings. The smallest absolute Gasteiger partial charge is 0.264 e. The van der Waals surface area contributed by atoms with Gasteiger partial charge in [0.05, 0.1) is 15.9 Å². The zero-order valence-electron chi connectivity index (χ0n) is 12.2. The third-order valence-electron chi connectivity index (χ3n) is 3.69. The molecule has 0 aromatic heterocycles. The Morgan fingerprint density at radius 3 is 2.52 bits per heavy atom. The molecule has 0 radical (unpaired) electrons. The molecule has 1 amide bonds. The Bertz CT molecular complexity index is 835. The van der Waals surface area contributed by atoms with Gasteiger partial charge in [0.2, 0.25) is 5.91 Å². The maximum absolute atomic E-state index is 12.8. The summed E-state index contributed by atoms with van der Waals surface area (Å²) in [5.41, 5.74) is 2.34. The van der Waals surface area contributed by atoms with Crippen LogP contribution in [-0.4, -0.2) is 26.2 Å². The van der Waals surface area contributed by atoms with Gasteiger partial charge in [-0.2, -0.15) is 0 Å². The summed E-state index contributed by atoms with van der Waals surface area (Å²) < 4.78 is 27.1. The Morgan fingerprint density at radius 1 is 1.13 bits per heavy atom. The van der Waals surface area contributed by atoms with E-state index < -0.39 is 10.0 Å². The van der Waals surface area contributed by atoms with Crippen LogP contribution in [-0.2, 0) is 21.2 Å². The molecular weight excluding hydrogens is 380 g/mol. The minimum absolute atomic E-state index is 0.186. The van der Waals surface area contributed by atoms with Crippen molar-refractivity contribution in [3.8, 4) is 0 Å². The molecule has 0 saturated heterocycles. The molecule has 7 heteroatoms. The molecule has 0 bridgehead atoms. The van der Waals surface area contributed by atoms with E-state index in [0.717, 1.165) is 17.7 Å². The van der Waals surface area contributed by atoms with Gasteiger partial charge < -0.3 is 5.32 Å². The van der Waals surface area contributed by atoms with Crippen molar-refractivity contribution in [3.05, 3.63) is 54.1 Å². The largest absolute Gasteiger partial charge is 0.325 e. The number of nitrogens with zero attached hydrogens (tertiary/aromatic N) is 1. The van der Waals surface area contributed by atoms with Crippen molar-refractivity contribution in [2.24, 2.45) is 0 Å². The number of carbonyl (C=O) groups is 1. The van der Waals surface area contributed by atoms with E-state index in [1.54, 1.807) is 12.1 Å². The van der Waals surface area contributed by atoms with E-state index in [9.17, 15) is 13.2 Å². The summed E-state index contributed by atoms with van der Waals surface area (Å²) in [7, 11) is -3.59. The molecule has 0 spiro atoms. The van der Waals surface area contributed by atoms with Gasteiger partial charge in [-0.05, 0) is 42.3 Å².